The van der Waals surface area contributed by atoms with Crippen LogP contribution in [-0.4, -0.2) is 29.3 Å². The van der Waals surface area contributed by atoms with E-state index in [-0.39, 0.29) is 6.10 Å². The summed E-state index contributed by atoms with van der Waals surface area (Å²) in [6.45, 7) is 8.29. The number of carboxylic acid groups (broad SMARTS) is 1. The lowest BCUT2D eigenvalue weighted by Gasteiger charge is -2.29. The fourth-order valence-electron chi connectivity index (χ4n) is 2.16. The van der Waals surface area contributed by atoms with Crippen molar-refractivity contribution in [3.63, 3.8) is 0 Å². The summed E-state index contributed by atoms with van der Waals surface area (Å²) in [4.78, 5) is 11.5. The van der Waals surface area contributed by atoms with Crippen molar-refractivity contribution in [3.8, 4) is 5.75 Å². The van der Waals surface area contributed by atoms with Crippen molar-refractivity contribution in [2.45, 2.75) is 52.2 Å². The minimum Gasteiger partial charge on any atom is -0.490 e. The Bertz CT molecular complexity index is 447. The number of rotatable bonds is 8. The Labute approximate surface area is 121 Å². The van der Waals surface area contributed by atoms with Crippen molar-refractivity contribution in [3.05, 3.63) is 29.8 Å². The lowest BCUT2D eigenvalue weighted by atomic mass is 9.94. The molecule has 1 aromatic rings. The lowest BCUT2D eigenvalue weighted by molar-refractivity contribution is -0.145. The molecule has 2 N–H and O–H groups in total. The Balaban J connectivity index is 2.69. The van der Waals surface area contributed by atoms with Gasteiger partial charge in [0.1, 0.15) is 11.3 Å². The Morgan fingerprint density at radius 1 is 1.45 bits per heavy atom. The molecule has 0 saturated carbocycles. The van der Waals surface area contributed by atoms with Crippen molar-refractivity contribution >= 4 is 5.97 Å². The van der Waals surface area contributed by atoms with Gasteiger partial charge in [-0.05, 0) is 45.4 Å². The van der Waals surface area contributed by atoms with Gasteiger partial charge in [-0.25, -0.2) is 0 Å². The van der Waals surface area contributed by atoms with E-state index in [1.54, 1.807) is 6.92 Å². The highest BCUT2D eigenvalue weighted by Gasteiger charge is 2.34. The molecule has 1 rings (SSSR count). The Morgan fingerprint density at radius 3 is 2.65 bits per heavy atom. The summed E-state index contributed by atoms with van der Waals surface area (Å²) in [5, 5.41) is 12.5. The monoisotopic (exact) mass is 279 g/mol. The molecule has 112 valence electrons. The number of carbonyl (C=O) groups is 1. The Kier molecular flexibility index (Phi) is 6.02. The molecule has 0 heterocycles. The molecule has 2 unspecified atom stereocenters. The van der Waals surface area contributed by atoms with Crippen LogP contribution in [0.15, 0.2) is 24.3 Å². The van der Waals surface area contributed by atoms with Gasteiger partial charge in [0.2, 0.25) is 0 Å². The second-order valence-corrected chi connectivity index (χ2v) is 5.46. The molecule has 0 amide bonds. The summed E-state index contributed by atoms with van der Waals surface area (Å²) >= 11 is 0. The maximum Gasteiger partial charge on any atom is 0.323 e. The van der Waals surface area contributed by atoms with Gasteiger partial charge in [-0.1, -0.05) is 25.1 Å². The highest BCUT2D eigenvalue weighted by atomic mass is 16.5. The third-order valence-corrected chi connectivity index (χ3v) is 3.35. The van der Waals surface area contributed by atoms with Crippen LogP contribution < -0.4 is 10.1 Å². The number of carboxylic acids is 1. The van der Waals surface area contributed by atoms with Crippen molar-refractivity contribution in [2.75, 3.05) is 6.54 Å². The fourth-order valence-corrected chi connectivity index (χ4v) is 2.16. The molecule has 0 aliphatic heterocycles. The number of benzene rings is 1. The quantitative estimate of drug-likeness (QED) is 0.768. The topological polar surface area (TPSA) is 58.6 Å². The third kappa shape index (κ3) is 4.53. The van der Waals surface area contributed by atoms with Crippen molar-refractivity contribution < 1.29 is 14.6 Å². The third-order valence-electron chi connectivity index (χ3n) is 3.35. The summed E-state index contributed by atoms with van der Waals surface area (Å²) in [6.07, 6.45) is 1.13. The molecule has 0 aliphatic rings. The number of aliphatic carboxylic acids is 1. The largest absolute Gasteiger partial charge is 0.490 e. The number of hydrogen-bond acceptors (Lipinski definition) is 3. The normalized spacial score (nSPS) is 15.4. The van der Waals surface area contributed by atoms with E-state index in [0.29, 0.717) is 13.0 Å². The molecule has 0 aromatic heterocycles. The van der Waals surface area contributed by atoms with Crippen molar-refractivity contribution in [2.24, 2.45) is 0 Å². The van der Waals surface area contributed by atoms with Crippen LogP contribution in [0.2, 0.25) is 0 Å². The highest BCUT2D eigenvalue weighted by Crippen LogP contribution is 2.21. The maximum absolute atomic E-state index is 11.5. The van der Waals surface area contributed by atoms with E-state index in [2.05, 4.69) is 5.32 Å². The van der Waals surface area contributed by atoms with Crippen LogP contribution in [-0.2, 0) is 4.79 Å². The standard InChI is InChI=1S/C16H25NO3/c1-5-10-17-16(4,15(18)19)11-13(3)20-14-9-7-6-8-12(14)2/h6-9,13,17H,5,10-11H2,1-4H3,(H,18,19). The molecule has 0 bridgehead atoms. The minimum atomic E-state index is -0.960. The van der Waals surface area contributed by atoms with Crippen LogP contribution in [0.3, 0.4) is 0 Å². The Hall–Kier alpha value is -1.55. The second kappa shape index (κ2) is 7.29. The van der Waals surface area contributed by atoms with Crippen LogP contribution >= 0.6 is 0 Å². The van der Waals surface area contributed by atoms with Gasteiger partial charge < -0.3 is 15.2 Å². The van der Waals surface area contributed by atoms with Crippen LogP contribution in [0.1, 0.15) is 39.2 Å². The number of ether oxygens (including phenoxy) is 1. The first kappa shape index (κ1) is 16.5. The van der Waals surface area contributed by atoms with Gasteiger partial charge in [0.05, 0.1) is 6.10 Å². The number of aryl methyl sites for hydroxylation is 1. The lowest BCUT2D eigenvalue weighted by Crippen LogP contribution is -2.52. The molecule has 0 radical (unpaired) electrons. The average Bonchev–Trinajstić information content (AvgIpc) is 2.39. The zero-order valence-electron chi connectivity index (χ0n) is 12.8. The van der Waals surface area contributed by atoms with Gasteiger partial charge in [-0.3, -0.25) is 4.79 Å². The number of para-hydroxylation sites is 1. The van der Waals surface area contributed by atoms with E-state index in [0.717, 1.165) is 17.7 Å². The van der Waals surface area contributed by atoms with Gasteiger partial charge in [0, 0.05) is 6.42 Å². The summed E-state index contributed by atoms with van der Waals surface area (Å²) in [5.41, 5.74) is 0.0934. The molecule has 4 heteroatoms. The van der Waals surface area contributed by atoms with Crippen LogP contribution in [0.5, 0.6) is 5.75 Å². The molecule has 0 spiro atoms. The molecule has 1 aromatic carbocycles. The first-order valence-corrected chi connectivity index (χ1v) is 7.09. The molecule has 4 nitrogen and oxygen atoms in total. The fraction of sp³-hybridized carbons (Fsp3) is 0.562. The maximum atomic E-state index is 11.5. The number of hydrogen-bond donors (Lipinski definition) is 2. The van der Waals surface area contributed by atoms with Crippen molar-refractivity contribution in [1.29, 1.82) is 0 Å². The highest BCUT2D eigenvalue weighted by molar-refractivity contribution is 5.78. The van der Waals surface area contributed by atoms with Gasteiger partial charge in [0.15, 0.2) is 0 Å². The van der Waals surface area contributed by atoms with E-state index < -0.39 is 11.5 Å². The molecular formula is C16H25NO3. The zero-order valence-corrected chi connectivity index (χ0v) is 12.8. The Morgan fingerprint density at radius 2 is 2.10 bits per heavy atom. The summed E-state index contributed by atoms with van der Waals surface area (Å²) in [5.74, 6) is -0.0330. The molecule has 0 fully saturated rings. The zero-order chi connectivity index (χ0) is 15.2. The van der Waals surface area contributed by atoms with E-state index in [1.807, 2.05) is 45.0 Å². The summed E-state index contributed by atoms with van der Waals surface area (Å²) < 4.78 is 5.87. The van der Waals surface area contributed by atoms with Gasteiger partial charge in [-0.2, -0.15) is 0 Å². The van der Waals surface area contributed by atoms with Gasteiger partial charge >= 0.3 is 5.97 Å². The molecule has 0 aliphatic carbocycles. The summed E-state index contributed by atoms with van der Waals surface area (Å²) in [6, 6.07) is 7.76. The van der Waals surface area contributed by atoms with E-state index in [4.69, 9.17) is 4.74 Å². The minimum absolute atomic E-state index is 0.179. The smallest absolute Gasteiger partial charge is 0.323 e. The predicted molar refractivity (Wildman–Crippen MR) is 80.2 cm³/mol. The molecule has 20 heavy (non-hydrogen) atoms. The SMILES string of the molecule is CCCNC(C)(CC(C)Oc1ccccc1C)C(=O)O. The summed E-state index contributed by atoms with van der Waals surface area (Å²) in [7, 11) is 0. The van der Waals surface area contributed by atoms with Crippen LogP contribution in [0.4, 0.5) is 0 Å². The number of nitrogens with one attached hydrogen (secondary N) is 1. The van der Waals surface area contributed by atoms with E-state index in [1.165, 1.54) is 0 Å². The average molecular weight is 279 g/mol. The molecular weight excluding hydrogens is 254 g/mol. The van der Waals surface area contributed by atoms with E-state index >= 15 is 0 Å². The second-order valence-electron chi connectivity index (χ2n) is 5.46. The first-order chi connectivity index (χ1) is 9.39. The predicted octanol–water partition coefficient (Wildman–Crippen LogP) is 3.00. The van der Waals surface area contributed by atoms with Gasteiger partial charge in [0.25, 0.3) is 0 Å². The van der Waals surface area contributed by atoms with E-state index in [9.17, 15) is 9.90 Å². The molecule has 0 saturated heterocycles. The van der Waals surface area contributed by atoms with Crippen molar-refractivity contribution in [1.82, 2.24) is 5.32 Å². The molecule has 2 atom stereocenters. The first-order valence-electron chi connectivity index (χ1n) is 7.09. The van der Waals surface area contributed by atoms with Crippen LogP contribution in [0, 0.1) is 6.92 Å². The van der Waals surface area contributed by atoms with Gasteiger partial charge in [-0.15, -0.1) is 0 Å². The van der Waals surface area contributed by atoms with Crippen LogP contribution in [0.25, 0.3) is 0 Å².